The first-order valence-corrected chi connectivity index (χ1v) is 8.51. The van der Waals surface area contributed by atoms with E-state index < -0.39 is 15.4 Å². The van der Waals surface area contributed by atoms with Gasteiger partial charge in [-0.25, -0.2) is 8.42 Å². The zero-order chi connectivity index (χ0) is 13.4. The highest BCUT2D eigenvalue weighted by Crippen LogP contribution is 2.36. The maximum Gasteiger partial charge on any atom is 0.244 e. The molecule has 18 heavy (non-hydrogen) atoms. The first-order chi connectivity index (χ1) is 8.40. The summed E-state index contributed by atoms with van der Waals surface area (Å²) in [6.07, 6.45) is 3.86. The van der Waals surface area contributed by atoms with Crippen LogP contribution in [0.4, 0.5) is 0 Å². The van der Waals surface area contributed by atoms with Crippen molar-refractivity contribution in [1.82, 2.24) is 10.2 Å². The quantitative estimate of drug-likeness (QED) is 0.811. The second-order valence-electron chi connectivity index (χ2n) is 5.34. The Kier molecular flexibility index (Phi) is 3.69. The van der Waals surface area contributed by atoms with Gasteiger partial charge >= 0.3 is 0 Å². The zero-order valence-corrected chi connectivity index (χ0v) is 11.9. The predicted molar refractivity (Wildman–Crippen MR) is 69.8 cm³/mol. The second-order valence-corrected chi connectivity index (χ2v) is 7.82. The smallest absolute Gasteiger partial charge is 0.244 e. The lowest BCUT2D eigenvalue weighted by Gasteiger charge is -2.21. The Labute approximate surface area is 109 Å². The van der Waals surface area contributed by atoms with Gasteiger partial charge < -0.3 is 4.90 Å². The molecule has 2 fully saturated rings. The lowest BCUT2D eigenvalue weighted by Crippen LogP contribution is -2.44. The maximum absolute atomic E-state index is 12.4. The largest absolute Gasteiger partial charge is 0.325 e. The Bertz CT molecular complexity index is 427. The van der Waals surface area contributed by atoms with Crippen molar-refractivity contribution in [3.63, 3.8) is 0 Å². The predicted octanol–water partition coefficient (Wildman–Crippen LogP) is 0.512. The molecule has 0 aromatic heterocycles. The van der Waals surface area contributed by atoms with Gasteiger partial charge in [-0.05, 0) is 19.8 Å². The molecule has 0 radical (unpaired) electrons. The third-order valence-electron chi connectivity index (χ3n) is 4.16. The van der Waals surface area contributed by atoms with Crippen molar-refractivity contribution in [3.05, 3.63) is 0 Å². The van der Waals surface area contributed by atoms with Crippen LogP contribution in [-0.2, 0) is 14.6 Å². The number of amides is 1. The topological polar surface area (TPSA) is 66.5 Å². The van der Waals surface area contributed by atoms with E-state index in [0.717, 1.165) is 25.7 Å². The minimum absolute atomic E-state index is 0.0531. The Balaban J connectivity index is 2.04. The summed E-state index contributed by atoms with van der Waals surface area (Å²) in [4.78, 5) is 14.1. The van der Waals surface area contributed by atoms with Crippen LogP contribution in [-0.4, -0.2) is 49.0 Å². The summed E-state index contributed by atoms with van der Waals surface area (Å²) >= 11 is 0. The molecular formula is C12H22N2O3S. The van der Waals surface area contributed by atoms with Crippen LogP contribution in [0.1, 0.15) is 39.5 Å². The Morgan fingerprint density at radius 3 is 2.56 bits per heavy atom. The van der Waals surface area contributed by atoms with Crippen LogP contribution in [0, 0.1) is 0 Å². The summed E-state index contributed by atoms with van der Waals surface area (Å²) in [7, 11) is -3.01. The van der Waals surface area contributed by atoms with Gasteiger partial charge in [0.2, 0.25) is 5.91 Å². The number of hydrogen-bond donors (Lipinski definition) is 1. The lowest BCUT2D eigenvalue weighted by molar-refractivity contribution is -0.132. The molecule has 1 heterocycles. The molecule has 1 atom stereocenters. The fourth-order valence-corrected chi connectivity index (χ4v) is 3.77. The first kappa shape index (κ1) is 13.8. The molecule has 1 amide bonds. The average Bonchev–Trinajstić information content (AvgIpc) is 2.86. The van der Waals surface area contributed by atoms with Gasteiger partial charge in [0.05, 0.1) is 17.5 Å². The molecule has 1 N–H and O–H groups in total. The molecule has 1 aliphatic heterocycles. The van der Waals surface area contributed by atoms with Crippen LogP contribution in [0.15, 0.2) is 0 Å². The number of carbonyl (C=O) groups is 1. The van der Waals surface area contributed by atoms with Gasteiger partial charge in [-0.15, -0.1) is 0 Å². The van der Waals surface area contributed by atoms with E-state index in [9.17, 15) is 13.2 Å². The molecule has 104 valence electrons. The Hall–Kier alpha value is -0.620. The number of hydrogen-bond acceptors (Lipinski definition) is 4. The first-order valence-electron chi connectivity index (χ1n) is 6.69. The minimum atomic E-state index is -3.01. The van der Waals surface area contributed by atoms with E-state index in [1.54, 1.807) is 11.8 Å². The van der Waals surface area contributed by atoms with Crippen molar-refractivity contribution in [2.45, 2.75) is 51.2 Å². The summed E-state index contributed by atoms with van der Waals surface area (Å²) in [6, 6.07) is 0. The molecule has 0 bridgehead atoms. The summed E-state index contributed by atoms with van der Waals surface area (Å²) in [5, 5.41) is 3.36. The van der Waals surface area contributed by atoms with Gasteiger partial charge in [-0.2, -0.15) is 0 Å². The van der Waals surface area contributed by atoms with Crippen LogP contribution >= 0.6 is 0 Å². The van der Waals surface area contributed by atoms with Gasteiger partial charge in [0.15, 0.2) is 9.84 Å². The average molecular weight is 274 g/mol. The van der Waals surface area contributed by atoms with Gasteiger partial charge in [-0.1, -0.05) is 19.8 Å². The van der Waals surface area contributed by atoms with E-state index in [0.29, 0.717) is 6.54 Å². The highest BCUT2D eigenvalue weighted by atomic mass is 32.2. The molecule has 6 heteroatoms. The lowest BCUT2D eigenvalue weighted by atomic mass is 9.98. The molecule has 1 aliphatic carbocycles. The van der Waals surface area contributed by atoms with Crippen molar-refractivity contribution >= 4 is 15.7 Å². The number of carbonyl (C=O) groups excluding carboxylic acids is 1. The molecular weight excluding hydrogens is 252 g/mol. The Morgan fingerprint density at radius 1 is 1.39 bits per heavy atom. The highest BCUT2D eigenvalue weighted by molar-refractivity contribution is 7.91. The van der Waals surface area contributed by atoms with Gasteiger partial charge in [-0.3, -0.25) is 10.1 Å². The summed E-state index contributed by atoms with van der Waals surface area (Å²) in [5.41, 5.74) is -0.393. The van der Waals surface area contributed by atoms with Gasteiger partial charge in [0.25, 0.3) is 0 Å². The summed E-state index contributed by atoms with van der Waals surface area (Å²) < 4.78 is 23.0. The minimum Gasteiger partial charge on any atom is -0.325 e. The molecule has 1 saturated carbocycles. The van der Waals surface area contributed by atoms with E-state index in [1.807, 2.05) is 6.92 Å². The number of sulfone groups is 1. The molecule has 0 aromatic carbocycles. The third kappa shape index (κ3) is 2.40. The molecule has 1 unspecified atom stereocenters. The number of nitrogens with zero attached hydrogens (tertiary/aromatic N) is 1. The fourth-order valence-electron chi connectivity index (χ4n) is 3.00. The summed E-state index contributed by atoms with van der Waals surface area (Å²) in [6.45, 7) is 3.88. The zero-order valence-electron chi connectivity index (χ0n) is 11.1. The fraction of sp³-hybridized carbons (Fsp3) is 0.917. The molecule has 1 spiro atoms. The van der Waals surface area contributed by atoms with Crippen molar-refractivity contribution in [3.8, 4) is 0 Å². The molecule has 2 rings (SSSR count). The van der Waals surface area contributed by atoms with Gasteiger partial charge in [0.1, 0.15) is 0 Å². The normalized spacial score (nSPS) is 27.3. The van der Waals surface area contributed by atoms with Crippen molar-refractivity contribution < 1.29 is 13.2 Å². The molecule has 5 nitrogen and oxygen atoms in total. The van der Waals surface area contributed by atoms with Crippen LogP contribution < -0.4 is 5.32 Å². The van der Waals surface area contributed by atoms with Crippen LogP contribution in [0.25, 0.3) is 0 Å². The molecule has 0 aromatic rings. The van der Waals surface area contributed by atoms with Crippen molar-refractivity contribution in [2.24, 2.45) is 0 Å². The van der Waals surface area contributed by atoms with Crippen molar-refractivity contribution in [1.29, 1.82) is 0 Å². The van der Waals surface area contributed by atoms with Crippen LogP contribution in [0.3, 0.4) is 0 Å². The second kappa shape index (κ2) is 4.81. The van der Waals surface area contributed by atoms with E-state index >= 15 is 0 Å². The van der Waals surface area contributed by atoms with Crippen LogP contribution in [0.5, 0.6) is 0 Å². The highest BCUT2D eigenvalue weighted by Gasteiger charge is 2.50. The summed E-state index contributed by atoms with van der Waals surface area (Å²) in [5.74, 6) is 0.304. The molecule has 1 saturated heterocycles. The van der Waals surface area contributed by atoms with E-state index in [2.05, 4.69) is 5.32 Å². The molecule has 2 aliphatic rings. The number of nitrogens with one attached hydrogen (secondary N) is 1. The Morgan fingerprint density at radius 2 is 2.00 bits per heavy atom. The SMILES string of the molecule is CCS(=O)(=O)CCN1C(=O)C2(CCCC2)NC1C. The monoisotopic (exact) mass is 274 g/mol. The van der Waals surface area contributed by atoms with E-state index in [1.165, 1.54) is 0 Å². The maximum atomic E-state index is 12.4. The third-order valence-corrected chi connectivity index (χ3v) is 5.85. The van der Waals surface area contributed by atoms with E-state index in [4.69, 9.17) is 0 Å². The van der Waals surface area contributed by atoms with Crippen molar-refractivity contribution in [2.75, 3.05) is 18.1 Å². The number of rotatable bonds is 4. The standard InChI is InChI=1S/C12H22N2O3S/c1-3-18(16,17)9-8-14-10(2)13-12(11(14)15)6-4-5-7-12/h10,13H,3-9H2,1-2H3. The van der Waals surface area contributed by atoms with E-state index in [-0.39, 0.29) is 23.6 Å². The van der Waals surface area contributed by atoms with Crippen LogP contribution in [0.2, 0.25) is 0 Å². The van der Waals surface area contributed by atoms with Gasteiger partial charge in [0, 0.05) is 12.3 Å².